The van der Waals surface area contributed by atoms with Crippen molar-refractivity contribution in [3.8, 4) is 0 Å². The highest BCUT2D eigenvalue weighted by molar-refractivity contribution is 5.16. The van der Waals surface area contributed by atoms with E-state index in [2.05, 4.69) is 24.1 Å². The van der Waals surface area contributed by atoms with Gasteiger partial charge < -0.3 is 15.7 Å². The van der Waals surface area contributed by atoms with E-state index in [-0.39, 0.29) is 6.04 Å². The van der Waals surface area contributed by atoms with E-state index in [9.17, 15) is 5.11 Å². The molecule has 0 bridgehead atoms. The third kappa shape index (κ3) is 5.42. The second-order valence-electron chi connectivity index (χ2n) is 6.51. The Hall–Kier alpha value is -0.900. The Morgan fingerprint density at radius 2 is 1.76 bits per heavy atom. The van der Waals surface area contributed by atoms with E-state index in [0.29, 0.717) is 12.6 Å². The summed E-state index contributed by atoms with van der Waals surface area (Å²) >= 11 is 0. The zero-order valence-corrected chi connectivity index (χ0v) is 13.2. The molecular weight excluding hydrogens is 260 g/mol. The van der Waals surface area contributed by atoms with Gasteiger partial charge in [0.2, 0.25) is 0 Å². The first-order chi connectivity index (χ1) is 10.2. The van der Waals surface area contributed by atoms with Crippen LogP contribution in [0.15, 0.2) is 30.3 Å². The zero-order chi connectivity index (χ0) is 15.1. The third-order valence-corrected chi connectivity index (χ3v) is 4.73. The van der Waals surface area contributed by atoms with Crippen LogP contribution in [0.2, 0.25) is 0 Å². The molecule has 0 saturated heterocycles. The molecule has 0 heterocycles. The second-order valence-corrected chi connectivity index (χ2v) is 6.51. The van der Waals surface area contributed by atoms with Crippen LogP contribution in [0.4, 0.5) is 0 Å². The summed E-state index contributed by atoms with van der Waals surface area (Å²) in [5, 5.41) is 10.4. The van der Waals surface area contributed by atoms with Gasteiger partial charge in [-0.3, -0.25) is 0 Å². The van der Waals surface area contributed by atoms with E-state index in [1.54, 1.807) is 0 Å². The van der Waals surface area contributed by atoms with E-state index in [0.717, 1.165) is 6.42 Å². The Morgan fingerprint density at radius 3 is 2.38 bits per heavy atom. The monoisotopic (exact) mass is 290 g/mol. The number of nitrogens with two attached hydrogens (primary N) is 1. The summed E-state index contributed by atoms with van der Waals surface area (Å²) in [7, 11) is 2.13. The standard InChI is InChI=1S/C18H30N2O/c1-20(16-11-7-2-3-8-12-16)14-18(21)17(19)13-15-9-5-4-6-10-15/h4-6,9-10,16-18,21H,2-3,7-8,11-14,19H2,1H3. The van der Waals surface area contributed by atoms with Crippen LogP contribution in [-0.4, -0.2) is 41.8 Å². The minimum absolute atomic E-state index is 0.194. The topological polar surface area (TPSA) is 49.5 Å². The molecule has 1 aliphatic rings. The zero-order valence-electron chi connectivity index (χ0n) is 13.2. The molecule has 2 rings (SSSR count). The summed E-state index contributed by atoms with van der Waals surface area (Å²) in [6, 6.07) is 10.6. The van der Waals surface area contributed by atoms with E-state index in [1.807, 2.05) is 18.2 Å². The summed E-state index contributed by atoms with van der Waals surface area (Å²) < 4.78 is 0. The van der Waals surface area contributed by atoms with Gasteiger partial charge in [-0.1, -0.05) is 56.0 Å². The molecule has 2 unspecified atom stereocenters. The van der Waals surface area contributed by atoms with E-state index >= 15 is 0 Å². The number of likely N-dealkylation sites (N-methyl/N-ethyl adjacent to an activating group) is 1. The fourth-order valence-corrected chi connectivity index (χ4v) is 3.30. The lowest BCUT2D eigenvalue weighted by Gasteiger charge is -2.31. The molecule has 118 valence electrons. The lowest BCUT2D eigenvalue weighted by Crippen LogP contribution is -2.46. The fraction of sp³-hybridized carbons (Fsp3) is 0.667. The fourth-order valence-electron chi connectivity index (χ4n) is 3.30. The van der Waals surface area contributed by atoms with Gasteiger partial charge in [0, 0.05) is 18.6 Å². The average molecular weight is 290 g/mol. The first-order valence-corrected chi connectivity index (χ1v) is 8.34. The van der Waals surface area contributed by atoms with Gasteiger partial charge >= 0.3 is 0 Å². The highest BCUT2D eigenvalue weighted by Crippen LogP contribution is 2.21. The molecule has 21 heavy (non-hydrogen) atoms. The van der Waals surface area contributed by atoms with Gasteiger partial charge in [-0.15, -0.1) is 0 Å². The molecule has 1 fully saturated rings. The summed E-state index contributed by atoms with van der Waals surface area (Å²) in [6.07, 6.45) is 8.16. The Bertz CT molecular complexity index is 387. The maximum Gasteiger partial charge on any atom is 0.0820 e. The summed E-state index contributed by atoms with van der Waals surface area (Å²) in [4.78, 5) is 2.32. The van der Waals surface area contributed by atoms with Crippen molar-refractivity contribution in [2.75, 3.05) is 13.6 Å². The molecule has 3 heteroatoms. The highest BCUT2D eigenvalue weighted by atomic mass is 16.3. The van der Waals surface area contributed by atoms with Crippen molar-refractivity contribution < 1.29 is 5.11 Å². The van der Waals surface area contributed by atoms with Crippen molar-refractivity contribution in [2.45, 2.75) is 63.1 Å². The van der Waals surface area contributed by atoms with E-state index in [4.69, 9.17) is 5.73 Å². The van der Waals surface area contributed by atoms with Crippen LogP contribution >= 0.6 is 0 Å². The molecule has 1 aliphatic carbocycles. The molecule has 0 spiro atoms. The lowest BCUT2D eigenvalue weighted by atomic mass is 10.0. The summed E-state index contributed by atoms with van der Waals surface area (Å²) in [5.74, 6) is 0. The van der Waals surface area contributed by atoms with Crippen LogP contribution < -0.4 is 5.73 Å². The predicted molar refractivity (Wildman–Crippen MR) is 88.2 cm³/mol. The number of rotatable bonds is 6. The predicted octanol–water partition coefficient (Wildman–Crippen LogP) is 2.57. The van der Waals surface area contributed by atoms with Crippen LogP contribution in [0.1, 0.15) is 44.1 Å². The summed E-state index contributed by atoms with van der Waals surface area (Å²) in [6.45, 7) is 0.679. The second kappa shape index (κ2) is 8.52. The first-order valence-electron chi connectivity index (χ1n) is 8.34. The minimum atomic E-state index is -0.460. The Balaban J connectivity index is 1.80. The number of hydrogen-bond acceptors (Lipinski definition) is 3. The van der Waals surface area contributed by atoms with E-state index in [1.165, 1.54) is 44.1 Å². The van der Waals surface area contributed by atoms with Crippen molar-refractivity contribution in [2.24, 2.45) is 5.73 Å². The Morgan fingerprint density at radius 1 is 1.14 bits per heavy atom. The smallest absolute Gasteiger partial charge is 0.0820 e. The van der Waals surface area contributed by atoms with Gasteiger partial charge in [-0.25, -0.2) is 0 Å². The molecule has 3 N–H and O–H groups in total. The maximum atomic E-state index is 10.4. The van der Waals surface area contributed by atoms with Gasteiger partial charge in [-0.05, 0) is 31.9 Å². The molecular formula is C18H30N2O. The Labute approximate surface area is 129 Å². The molecule has 2 atom stereocenters. The van der Waals surface area contributed by atoms with Crippen molar-refractivity contribution in [1.29, 1.82) is 0 Å². The quantitative estimate of drug-likeness (QED) is 0.792. The molecule has 0 radical (unpaired) electrons. The van der Waals surface area contributed by atoms with Gasteiger partial charge in [0.1, 0.15) is 0 Å². The Kier molecular flexibility index (Phi) is 6.68. The molecule has 1 saturated carbocycles. The SMILES string of the molecule is CN(CC(O)C(N)Cc1ccccc1)C1CCCCCC1. The summed E-state index contributed by atoms with van der Waals surface area (Å²) in [5.41, 5.74) is 7.38. The minimum Gasteiger partial charge on any atom is -0.390 e. The third-order valence-electron chi connectivity index (χ3n) is 4.73. The normalized spacial score (nSPS) is 20.2. The van der Waals surface area contributed by atoms with Gasteiger partial charge in [0.25, 0.3) is 0 Å². The number of nitrogens with zero attached hydrogens (tertiary/aromatic N) is 1. The van der Waals surface area contributed by atoms with Crippen molar-refractivity contribution >= 4 is 0 Å². The lowest BCUT2D eigenvalue weighted by molar-refractivity contribution is 0.0800. The van der Waals surface area contributed by atoms with Crippen LogP contribution in [-0.2, 0) is 6.42 Å². The number of hydrogen-bond donors (Lipinski definition) is 2. The van der Waals surface area contributed by atoms with Crippen LogP contribution in [0.5, 0.6) is 0 Å². The van der Waals surface area contributed by atoms with Crippen molar-refractivity contribution in [3.63, 3.8) is 0 Å². The van der Waals surface area contributed by atoms with Gasteiger partial charge in [-0.2, -0.15) is 0 Å². The van der Waals surface area contributed by atoms with Gasteiger partial charge in [0.15, 0.2) is 0 Å². The van der Waals surface area contributed by atoms with E-state index < -0.39 is 6.10 Å². The largest absolute Gasteiger partial charge is 0.390 e. The van der Waals surface area contributed by atoms with Gasteiger partial charge in [0.05, 0.1) is 6.10 Å². The molecule has 0 aliphatic heterocycles. The molecule has 0 amide bonds. The molecule has 0 aromatic heterocycles. The molecule has 3 nitrogen and oxygen atoms in total. The first kappa shape index (κ1) is 16.5. The maximum absolute atomic E-state index is 10.4. The molecule has 1 aromatic carbocycles. The van der Waals surface area contributed by atoms with Crippen molar-refractivity contribution in [3.05, 3.63) is 35.9 Å². The number of aliphatic hydroxyl groups excluding tert-OH is 1. The highest BCUT2D eigenvalue weighted by Gasteiger charge is 2.22. The average Bonchev–Trinajstić information content (AvgIpc) is 2.77. The number of aliphatic hydroxyl groups is 1. The van der Waals surface area contributed by atoms with Crippen molar-refractivity contribution in [1.82, 2.24) is 4.90 Å². The van der Waals surface area contributed by atoms with Crippen LogP contribution in [0, 0.1) is 0 Å². The van der Waals surface area contributed by atoms with Crippen LogP contribution in [0.3, 0.4) is 0 Å². The number of benzene rings is 1. The molecule has 1 aromatic rings. The van der Waals surface area contributed by atoms with Crippen LogP contribution in [0.25, 0.3) is 0 Å².